The van der Waals surface area contributed by atoms with Crippen molar-refractivity contribution in [2.45, 2.75) is 13.8 Å². The molecule has 3 nitrogen and oxygen atoms in total. The van der Waals surface area contributed by atoms with Gasteiger partial charge in [-0.05, 0) is 61.5 Å². The molecule has 0 aliphatic heterocycles. The van der Waals surface area contributed by atoms with E-state index in [0.29, 0.717) is 15.6 Å². The zero-order valence-corrected chi connectivity index (χ0v) is 15.5. The standard InChI is InChI=1S/C18H16Cl2N2OS/c1-11-3-7-16(12(2)9-11)21-18(24)22-17(23)8-5-13-4-6-14(19)10-15(13)20/h3-10H,1-2H3,(H2,21,22,23,24)/b8-5+. The second-order valence-corrected chi connectivity index (χ2v) is 6.51. The predicted octanol–water partition coefficient (Wildman–Crippen LogP) is 5.14. The van der Waals surface area contributed by atoms with E-state index in [1.807, 2.05) is 32.0 Å². The van der Waals surface area contributed by atoms with Gasteiger partial charge in [0.15, 0.2) is 5.11 Å². The normalized spacial score (nSPS) is 10.7. The fraction of sp³-hybridized carbons (Fsp3) is 0.111. The number of carbonyl (C=O) groups excluding carboxylic acids is 1. The summed E-state index contributed by atoms with van der Waals surface area (Å²) in [6.45, 7) is 3.99. The second-order valence-electron chi connectivity index (χ2n) is 5.26. The SMILES string of the molecule is Cc1ccc(NC(=S)NC(=O)/C=C/c2ccc(Cl)cc2Cl)c(C)c1. The van der Waals surface area contributed by atoms with E-state index >= 15 is 0 Å². The number of carbonyl (C=O) groups is 1. The minimum atomic E-state index is -0.344. The summed E-state index contributed by atoms with van der Waals surface area (Å²) in [6.07, 6.45) is 2.97. The fourth-order valence-electron chi connectivity index (χ4n) is 2.06. The van der Waals surface area contributed by atoms with Gasteiger partial charge in [-0.2, -0.15) is 0 Å². The molecule has 0 aliphatic carbocycles. The molecule has 2 rings (SSSR count). The monoisotopic (exact) mass is 378 g/mol. The highest BCUT2D eigenvalue weighted by molar-refractivity contribution is 7.80. The summed E-state index contributed by atoms with van der Waals surface area (Å²) in [5, 5.41) is 6.86. The van der Waals surface area contributed by atoms with Crippen molar-refractivity contribution in [3.05, 3.63) is 69.2 Å². The van der Waals surface area contributed by atoms with Gasteiger partial charge in [0.25, 0.3) is 0 Å². The molecule has 0 fully saturated rings. The largest absolute Gasteiger partial charge is 0.332 e. The maximum Gasteiger partial charge on any atom is 0.250 e. The number of benzene rings is 2. The van der Waals surface area contributed by atoms with Crippen LogP contribution in [0.5, 0.6) is 0 Å². The first-order chi connectivity index (χ1) is 11.3. The van der Waals surface area contributed by atoms with Gasteiger partial charge in [0.2, 0.25) is 5.91 Å². The van der Waals surface area contributed by atoms with Crippen LogP contribution in [0.15, 0.2) is 42.5 Å². The Morgan fingerprint density at radius 3 is 2.54 bits per heavy atom. The Morgan fingerprint density at radius 2 is 1.88 bits per heavy atom. The van der Waals surface area contributed by atoms with Gasteiger partial charge in [-0.15, -0.1) is 0 Å². The smallest absolute Gasteiger partial charge is 0.250 e. The number of thiocarbonyl (C=S) groups is 1. The Bertz CT molecular complexity index is 819. The molecule has 2 N–H and O–H groups in total. The van der Waals surface area contributed by atoms with Crippen LogP contribution in [0.4, 0.5) is 5.69 Å². The topological polar surface area (TPSA) is 41.1 Å². The van der Waals surface area contributed by atoms with E-state index in [1.165, 1.54) is 6.08 Å². The van der Waals surface area contributed by atoms with E-state index in [1.54, 1.807) is 24.3 Å². The Labute approximate surface area is 156 Å². The number of amides is 1. The molecule has 2 aromatic carbocycles. The highest BCUT2D eigenvalue weighted by atomic mass is 35.5. The first-order valence-corrected chi connectivity index (χ1v) is 8.34. The van der Waals surface area contributed by atoms with Crippen molar-refractivity contribution in [1.82, 2.24) is 5.32 Å². The van der Waals surface area contributed by atoms with Gasteiger partial charge in [-0.3, -0.25) is 10.1 Å². The van der Waals surface area contributed by atoms with Gasteiger partial charge in [-0.1, -0.05) is 47.0 Å². The third-order valence-corrected chi connectivity index (χ3v) is 4.01. The molecule has 1 amide bonds. The minimum Gasteiger partial charge on any atom is -0.332 e. The van der Waals surface area contributed by atoms with Crippen molar-refractivity contribution < 1.29 is 4.79 Å². The summed E-state index contributed by atoms with van der Waals surface area (Å²) in [4.78, 5) is 11.9. The van der Waals surface area contributed by atoms with Crippen LogP contribution in [0.3, 0.4) is 0 Å². The molecule has 0 heterocycles. The van der Waals surface area contributed by atoms with Gasteiger partial charge in [0.05, 0.1) is 0 Å². The van der Waals surface area contributed by atoms with Crippen LogP contribution in [0.2, 0.25) is 10.0 Å². The van der Waals surface area contributed by atoms with Gasteiger partial charge >= 0.3 is 0 Å². The first-order valence-electron chi connectivity index (χ1n) is 7.17. The molecule has 6 heteroatoms. The van der Waals surface area contributed by atoms with Crippen LogP contribution in [0, 0.1) is 13.8 Å². The summed E-state index contributed by atoms with van der Waals surface area (Å²) < 4.78 is 0. The molecule has 0 radical (unpaired) electrons. The van der Waals surface area contributed by atoms with E-state index in [4.69, 9.17) is 35.4 Å². The first kappa shape index (κ1) is 18.5. The van der Waals surface area contributed by atoms with E-state index in [9.17, 15) is 4.79 Å². The number of nitrogens with one attached hydrogen (secondary N) is 2. The predicted molar refractivity (Wildman–Crippen MR) is 106 cm³/mol. The lowest BCUT2D eigenvalue weighted by Gasteiger charge is -2.11. The molecule has 2 aromatic rings. The lowest BCUT2D eigenvalue weighted by Crippen LogP contribution is -2.33. The minimum absolute atomic E-state index is 0.235. The Hall–Kier alpha value is -1.88. The Balaban J connectivity index is 1.96. The van der Waals surface area contributed by atoms with Crippen LogP contribution >= 0.6 is 35.4 Å². The molecule has 24 heavy (non-hydrogen) atoms. The summed E-state index contributed by atoms with van der Waals surface area (Å²) in [7, 11) is 0. The van der Waals surface area contributed by atoms with Crippen molar-refractivity contribution in [1.29, 1.82) is 0 Å². The van der Waals surface area contributed by atoms with Gasteiger partial charge in [0.1, 0.15) is 0 Å². The Kier molecular flexibility index (Phi) is 6.37. The van der Waals surface area contributed by atoms with E-state index in [0.717, 1.165) is 16.8 Å². The molecule has 0 saturated heterocycles. The average molecular weight is 379 g/mol. The highest BCUT2D eigenvalue weighted by Crippen LogP contribution is 2.22. The second kappa shape index (κ2) is 8.29. The van der Waals surface area contributed by atoms with Crippen molar-refractivity contribution >= 4 is 58.2 Å². The average Bonchev–Trinajstić information content (AvgIpc) is 2.49. The van der Waals surface area contributed by atoms with Gasteiger partial charge < -0.3 is 5.32 Å². The third kappa shape index (κ3) is 5.34. The summed E-state index contributed by atoms with van der Waals surface area (Å²) >= 11 is 17.0. The van der Waals surface area contributed by atoms with Crippen LogP contribution in [-0.2, 0) is 4.79 Å². The highest BCUT2D eigenvalue weighted by Gasteiger charge is 2.04. The van der Waals surface area contributed by atoms with Crippen molar-refractivity contribution in [2.24, 2.45) is 0 Å². The number of rotatable bonds is 3. The lowest BCUT2D eigenvalue weighted by molar-refractivity contribution is -0.115. The number of hydrogen-bond donors (Lipinski definition) is 2. The van der Waals surface area contributed by atoms with E-state index < -0.39 is 0 Å². The third-order valence-electron chi connectivity index (χ3n) is 3.24. The maximum absolute atomic E-state index is 11.9. The molecular weight excluding hydrogens is 363 g/mol. The number of anilines is 1. The van der Waals surface area contributed by atoms with Crippen LogP contribution in [-0.4, -0.2) is 11.0 Å². The number of aryl methyl sites for hydroxylation is 2. The molecule has 0 aliphatic rings. The van der Waals surface area contributed by atoms with Crippen molar-refractivity contribution in [3.8, 4) is 0 Å². The molecule has 0 aromatic heterocycles. The summed E-state index contributed by atoms with van der Waals surface area (Å²) in [5.74, 6) is -0.344. The number of hydrogen-bond acceptors (Lipinski definition) is 2. The zero-order chi connectivity index (χ0) is 17.7. The zero-order valence-electron chi connectivity index (χ0n) is 13.2. The molecule has 0 atom stereocenters. The van der Waals surface area contributed by atoms with Gasteiger partial charge in [-0.25, -0.2) is 0 Å². The molecular formula is C18H16Cl2N2OS. The summed E-state index contributed by atoms with van der Waals surface area (Å²) in [6, 6.07) is 11.0. The van der Waals surface area contributed by atoms with Crippen molar-refractivity contribution in [2.75, 3.05) is 5.32 Å². The fourth-order valence-corrected chi connectivity index (χ4v) is 2.75. The van der Waals surface area contributed by atoms with Crippen LogP contribution < -0.4 is 10.6 Å². The van der Waals surface area contributed by atoms with E-state index in [2.05, 4.69) is 10.6 Å². The van der Waals surface area contributed by atoms with Crippen molar-refractivity contribution in [3.63, 3.8) is 0 Å². The van der Waals surface area contributed by atoms with Gasteiger partial charge in [0, 0.05) is 21.8 Å². The molecule has 0 saturated carbocycles. The van der Waals surface area contributed by atoms with Crippen LogP contribution in [0.1, 0.15) is 16.7 Å². The maximum atomic E-state index is 11.9. The Morgan fingerprint density at radius 1 is 1.12 bits per heavy atom. The summed E-state index contributed by atoms with van der Waals surface area (Å²) in [5.41, 5.74) is 3.77. The molecule has 0 spiro atoms. The molecule has 0 unspecified atom stereocenters. The number of halogens is 2. The quantitative estimate of drug-likeness (QED) is 0.573. The van der Waals surface area contributed by atoms with Crippen LogP contribution in [0.25, 0.3) is 6.08 Å². The molecule has 124 valence electrons. The molecule has 0 bridgehead atoms. The van der Waals surface area contributed by atoms with E-state index in [-0.39, 0.29) is 11.0 Å². The lowest BCUT2D eigenvalue weighted by atomic mass is 10.1.